The van der Waals surface area contributed by atoms with Crippen LogP contribution in [-0.2, 0) is 0 Å². The van der Waals surface area contributed by atoms with Crippen LogP contribution in [0.15, 0.2) is 0 Å². The Morgan fingerprint density at radius 2 is 1.67 bits per heavy atom. The fraction of sp³-hybridized carbons (Fsp3) is 1.00. The monoisotopic (exact) mass is 209 g/mol. The molecule has 1 nitrogen and oxygen atoms in total. The van der Waals surface area contributed by atoms with Crippen LogP contribution >= 0.6 is 0 Å². The largest absolute Gasteiger partial charge is 0.311 e. The van der Waals surface area contributed by atoms with Gasteiger partial charge in [0.15, 0.2) is 0 Å². The summed E-state index contributed by atoms with van der Waals surface area (Å²) in [5.41, 5.74) is 0. The first-order valence-corrected chi connectivity index (χ1v) is 7.01. The van der Waals surface area contributed by atoms with Crippen molar-refractivity contribution < 1.29 is 0 Å². The molecule has 0 bridgehead atoms. The third-order valence-corrected chi connectivity index (χ3v) is 4.61. The summed E-state index contributed by atoms with van der Waals surface area (Å²) >= 11 is 0. The maximum Gasteiger partial charge on any atom is 0.00697 e. The average Bonchev–Trinajstić information content (AvgIpc) is 2.28. The SMILES string of the molecule is CC1CCCC(NC(C)C2CCC2)CC1. The Hall–Kier alpha value is -0.0400. The van der Waals surface area contributed by atoms with E-state index in [1.165, 1.54) is 51.4 Å². The van der Waals surface area contributed by atoms with Crippen LogP contribution in [-0.4, -0.2) is 12.1 Å². The molecule has 0 amide bonds. The van der Waals surface area contributed by atoms with Gasteiger partial charge in [0.2, 0.25) is 0 Å². The average molecular weight is 209 g/mol. The van der Waals surface area contributed by atoms with Crippen molar-refractivity contribution in [2.24, 2.45) is 11.8 Å². The number of rotatable bonds is 3. The van der Waals surface area contributed by atoms with Crippen LogP contribution in [0.3, 0.4) is 0 Å². The topological polar surface area (TPSA) is 12.0 Å². The van der Waals surface area contributed by atoms with Crippen LogP contribution in [0.25, 0.3) is 0 Å². The standard InChI is InChI=1S/C14H27N/c1-11-5-3-8-14(10-9-11)15-12(2)13-6-4-7-13/h11-15H,3-10H2,1-2H3. The van der Waals surface area contributed by atoms with Gasteiger partial charge in [0, 0.05) is 12.1 Å². The molecule has 0 aliphatic heterocycles. The van der Waals surface area contributed by atoms with E-state index in [1.807, 2.05) is 0 Å². The molecule has 0 saturated heterocycles. The van der Waals surface area contributed by atoms with Gasteiger partial charge in [-0.25, -0.2) is 0 Å². The molecule has 2 saturated carbocycles. The van der Waals surface area contributed by atoms with Crippen LogP contribution < -0.4 is 5.32 Å². The van der Waals surface area contributed by atoms with Crippen molar-refractivity contribution in [1.29, 1.82) is 0 Å². The lowest BCUT2D eigenvalue weighted by Crippen LogP contribution is -2.42. The third-order valence-electron chi connectivity index (χ3n) is 4.61. The summed E-state index contributed by atoms with van der Waals surface area (Å²) in [7, 11) is 0. The van der Waals surface area contributed by atoms with Gasteiger partial charge in [-0.15, -0.1) is 0 Å². The quantitative estimate of drug-likeness (QED) is 0.698. The van der Waals surface area contributed by atoms with E-state index in [9.17, 15) is 0 Å². The molecule has 0 spiro atoms. The molecule has 2 aliphatic rings. The predicted molar refractivity (Wildman–Crippen MR) is 66.0 cm³/mol. The van der Waals surface area contributed by atoms with E-state index in [2.05, 4.69) is 19.2 Å². The fourth-order valence-electron chi connectivity index (χ4n) is 3.10. The fourth-order valence-corrected chi connectivity index (χ4v) is 3.10. The first-order chi connectivity index (χ1) is 7.25. The molecule has 15 heavy (non-hydrogen) atoms. The minimum absolute atomic E-state index is 0.775. The zero-order valence-electron chi connectivity index (χ0n) is 10.5. The zero-order valence-corrected chi connectivity index (χ0v) is 10.5. The Labute approximate surface area is 95.0 Å². The highest BCUT2D eigenvalue weighted by atomic mass is 15.0. The smallest absolute Gasteiger partial charge is 0.00697 e. The van der Waals surface area contributed by atoms with Gasteiger partial charge in [-0.3, -0.25) is 0 Å². The second kappa shape index (κ2) is 5.34. The van der Waals surface area contributed by atoms with Crippen molar-refractivity contribution in [2.75, 3.05) is 0 Å². The highest BCUT2D eigenvalue weighted by molar-refractivity contribution is 4.83. The second-order valence-electron chi connectivity index (χ2n) is 5.96. The van der Waals surface area contributed by atoms with Crippen molar-refractivity contribution in [1.82, 2.24) is 5.32 Å². The zero-order chi connectivity index (χ0) is 10.7. The lowest BCUT2D eigenvalue weighted by atomic mass is 9.80. The van der Waals surface area contributed by atoms with Gasteiger partial charge < -0.3 is 5.32 Å². The second-order valence-corrected chi connectivity index (χ2v) is 5.96. The molecule has 0 aromatic heterocycles. The lowest BCUT2D eigenvalue weighted by molar-refractivity contribution is 0.221. The number of hydrogen-bond acceptors (Lipinski definition) is 1. The Morgan fingerprint density at radius 3 is 2.33 bits per heavy atom. The van der Waals surface area contributed by atoms with Crippen LogP contribution in [0.5, 0.6) is 0 Å². The van der Waals surface area contributed by atoms with Gasteiger partial charge in [0.25, 0.3) is 0 Å². The molecule has 0 radical (unpaired) electrons. The summed E-state index contributed by atoms with van der Waals surface area (Å²) in [5, 5.41) is 3.88. The molecular formula is C14H27N. The first kappa shape index (κ1) is 11.4. The molecule has 1 N–H and O–H groups in total. The summed E-state index contributed by atoms with van der Waals surface area (Å²) < 4.78 is 0. The molecule has 3 unspecified atom stereocenters. The molecule has 2 fully saturated rings. The molecule has 88 valence electrons. The van der Waals surface area contributed by atoms with Crippen molar-refractivity contribution in [3.63, 3.8) is 0 Å². The molecule has 0 heterocycles. The molecule has 1 heteroatoms. The Balaban J connectivity index is 1.72. The molecular weight excluding hydrogens is 182 g/mol. The summed E-state index contributed by atoms with van der Waals surface area (Å²) in [6.07, 6.45) is 11.6. The number of nitrogens with one attached hydrogen (secondary N) is 1. The van der Waals surface area contributed by atoms with Crippen LogP contribution in [0.4, 0.5) is 0 Å². The van der Waals surface area contributed by atoms with Gasteiger partial charge in [-0.05, 0) is 50.9 Å². The van der Waals surface area contributed by atoms with E-state index in [-0.39, 0.29) is 0 Å². The van der Waals surface area contributed by atoms with Crippen molar-refractivity contribution in [3.8, 4) is 0 Å². The lowest BCUT2D eigenvalue weighted by Gasteiger charge is -2.34. The van der Waals surface area contributed by atoms with Crippen molar-refractivity contribution in [2.45, 2.75) is 77.3 Å². The van der Waals surface area contributed by atoms with E-state index in [4.69, 9.17) is 0 Å². The van der Waals surface area contributed by atoms with Crippen molar-refractivity contribution >= 4 is 0 Å². The van der Waals surface area contributed by atoms with Crippen LogP contribution in [0, 0.1) is 11.8 Å². The Morgan fingerprint density at radius 1 is 0.933 bits per heavy atom. The predicted octanol–water partition coefficient (Wildman–Crippen LogP) is 3.73. The maximum atomic E-state index is 3.88. The summed E-state index contributed by atoms with van der Waals surface area (Å²) in [6, 6.07) is 1.60. The molecule has 0 aromatic carbocycles. The van der Waals surface area contributed by atoms with E-state index in [1.54, 1.807) is 0 Å². The Bertz CT molecular complexity index is 186. The molecule has 3 atom stereocenters. The van der Waals surface area contributed by atoms with Gasteiger partial charge in [-0.1, -0.05) is 26.2 Å². The van der Waals surface area contributed by atoms with Gasteiger partial charge >= 0.3 is 0 Å². The third kappa shape index (κ3) is 3.21. The normalized spacial score (nSPS) is 35.6. The first-order valence-electron chi connectivity index (χ1n) is 7.01. The minimum Gasteiger partial charge on any atom is -0.311 e. The molecule has 2 aliphatic carbocycles. The van der Waals surface area contributed by atoms with E-state index in [0.29, 0.717) is 0 Å². The number of hydrogen-bond donors (Lipinski definition) is 1. The van der Waals surface area contributed by atoms with E-state index < -0.39 is 0 Å². The van der Waals surface area contributed by atoms with Gasteiger partial charge in [0.05, 0.1) is 0 Å². The Kier molecular flexibility index (Phi) is 4.07. The highest BCUT2D eigenvalue weighted by Gasteiger charge is 2.26. The van der Waals surface area contributed by atoms with Gasteiger partial charge in [0.1, 0.15) is 0 Å². The van der Waals surface area contributed by atoms with Crippen molar-refractivity contribution in [3.05, 3.63) is 0 Å². The summed E-state index contributed by atoms with van der Waals surface area (Å²) in [5.74, 6) is 1.96. The summed E-state index contributed by atoms with van der Waals surface area (Å²) in [6.45, 7) is 4.82. The minimum atomic E-state index is 0.775. The van der Waals surface area contributed by atoms with Gasteiger partial charge in [-0.2, -0.15) is 0 Å². The molecule has 0 aromatic rings. The van der Waals surface area contributed by atoms with E-state index in [0.717, 1.165) is 23.9 Å². The summed E-state index contributed by atoms with van der Waals surface area (Å²) in [4.78, 5) is 0. The maximum absolute atomic E-state index is 3.88. The van der Waals surface area contributed by atoms with Crippen LogP contribution in [0.2, 0.25) is 0 Å². The molecule has 2 rings (SSSR count). The van der Waals surface area contributed by atoms with Crippen LogP contribution in [0.1, 0.15) is 65.2 Å². The van der Waals surface area contributed by atoms with E-state index >= 15 is 0 Å². The highest BCUT2D eigenvalue weighted by Crippen LogP contribution is 2.30.